The lowest BCUT2D eigenvalue weighted by Gasteiger charge is -2.26. The fraction of sp³-hybridized carbons (Fsp3) is 0. The van der Waals surface area contributed by atoms with E-state index in [1.165, 1.54) is 49.4 Å². The van der Waals surface area contributed by atoms with Crippen molar-refractivity contribution in [3.05, 3.63) is 206 Å². The van der Waals surface area contributed by atoms with E-state index < -0.39 is 0 Å². The Hall–Kier alpha value is -7.36. The monoisotopic (exact) mass is 702 g/mol. The van der Waals surface area contributed by atoms with E-state index in [-0.39, 0.29) is 0 Å². The molecule has 0 aliphatic carbocycles. The minimum atomic E-state index is 0.870. The Balaban J connectivity index is 1.06. The van der Waals surface area contributed by atoms with Gasteiger partial charge in [-0.2, -0.15) is 0 Å². The molecule has 2 aromatic heterocycles. The van der Waals surface area contributed by atoms with Crippen LogP contribution >= 0.6 is 0 Å². The lowest BCUT2D eigenvalue weighted by Crippen LogP contribution is -2.10. The smallest absolute Gasteiger partial charge is 0.143 e. The minimum absolute atomic E-state index is 0.870. The highest BCUT2D eigenvalue weighted by Gasteiger charge is 2.21. The molecule has 11 aromatic rings. The summed E-state index contributed by atoms with van der Waals surface area (Å²) in [5.74, 6) is 0. The zero-order chi connectivity index (χ0) is 36.3. The van der Waals surface area contributed by atoms with Crippen LogP contribution in [0.3, 0.4) is 0 Å². The first-order chi connectivity index (χ1) is 27.3. The van der Waals surface area contributed by atoms with E-state index in [1.54, 1.807) is 0 Å². The second-order valence-electron chi connectivity index (χ2n) is 14.1. The van der Waals surface area contributed by atoms with E-state index in [4.69, 9.17) is 4.42 Å². The summed E-state index contributed by atoms with van der Waals surface area (Å²) in [6, 6.07) is 73.8. The van der Waals surface area contributed by atoms with Crippen molar-refractivity contribution in [2.24, 2.45) is 0 Å². The van der Waals surface area contributed by atoms with Crippen LogP contribution in [0.25, 0.3) is 82.5 Å². The summed E-state index contributed by atoms with van der Waals surface area (Å²) in [5.41, 5.74) is 13.3. The molecule has 0 atom stereocenters. The zero-order valence-electron chi connectivity index (χ0n) is 29.9. The predicted octanol–water partition coefficient (Wildman–Crippen LogP) is 14.6. The van der Waals surface area contributed by atoms with E-state index in [0.29, 0.717) is 0 Å². The molecule has 3 nitrogen and oxygen atoms in total. The summed E-state index contributed by atoms with van der Waals surface area (Å²) in [6.45, 7) is 0. The van der Waals surface area contributed by atoms with E-state index in [2.05, 4.69) is 216 Å². The fourth-order valence-corrected chi connectivity index (χ4v) is 8.39. The average molecular weight is 703 g/mol. The summed E-state index contributed by atoms with van der Waals surface area (Å²) in [5, 5.41) is 6.98. The highest BCUT2D eigenvalue weighted by atomic mass is 16.3. The van der Waals surface area contributed by atoms with Crippen molar-refractivity contribution >= 4 is 71.6 Å². The number of hydrogen-bond acceptors (Lipinski definition) is 2. The molecule has 2 heterocycles. The van der Waals surface area contributed by atoms with Crippen molar-refractivity contribution in [1.29, 1.82) is 0 Å². The lowest BCUT2D eigenvalue weighted by molar-refractivity contribution is 0.672. The largest absolute Gasteiger partial charge is 0.455 e. The zero-order valence-corrected chi connectivity index (χ0v) is 29.9. The van der Waals surface area contributed by atoms with Crippen molar-refractivity contribution in [2.75, 3.05) is 4.90 Å². The van der Waals surface area contributed by atoms with Crippen LogP contribution in [0.5, 0.6) is 0 Å². The van der Waals surface area contributed by atoms with Gasteiger partial charge in [0.25, 0.3) is 0 Å². The maximum Gasteiger partial charge on any atom is 0.143 e. The van der Waals surface area contributed by atoms with Gasteiger partial charge in [0, 0.05) is 38.6 Å². The van der Waals surface area contributed by atoms with E-state index >= 15 is 0 Å². The van der Waals surface area contributed by atoms with Gasteiger partial charge in [0.1, 0.15) is 11.2 Å². The van der Waals surface area contributed by atoms with E-state index in [1.807, 2.05) is 0 Å². The number of benzene rings is 9. The Kier molecular flexibility index (Phi) is 7.17. The number of anilines is 3. The third-order valence-corrected chi connectivity index (χ3v) is 11.0. The molecule has 9 aromatic carbocycles. The first-order valence-electron chi connectivity index (χ1n) is 18.8. The molecular formula is C52H34N2O. The van der Waals surface area contributed by atoms with Crippen LogP contribution in [0.4, 0.5) is 17.1 Å². The lowest BCUT2D eigenvalue weighted by atomic mass is 10.0. The molecule has 0 saturated carbocycles. The van der Waals surface area contributed by atoms with Crippen molar-refractivity contribution < 1.29 is 4.42 Å². The van der Waals surface area contributed by atoms with Crippen LogP contribution in [0.15, 0.2) is 211 Å². The van der Waals surface area contributed by atoms with Crippen molar-refractivity contribution in [1.82, 2.24) is 4.57 Å². The molecule has 0 N–H and O–H groups in total. The number of aromatic nitrogens is 1. The average Bonchev–Trinajstić information content (AvgIpc) is 3.81. The third kappa shape index (κ3) is 5.13. The van der Waals surface area contributed by atoms with Gasteiger partial charge in [0.15, 0.2) is 0 Å². The Labute approximate surface area is 318 Å². The Morgan fingerprint density at radius 2 is 0.982 bits per heavy atom. The van der Waals surface area contributed by atoms with Gasteiger partial charge in [-0.15, -0.1) is 0 Å². The summed E-state index contributed by atoms with van der Waals surface area (Å²) in [4.78, 5) is 2.36. The van der Waals surface area contributed by atoms with Gasteiger partial charge in [-0.3, -0.25) is 0 Å². The van der Waals surface area contributed by atoms with E-state index in [9.17, 15) is 0 Å². The molecular weight excluding hydrogens is 669 g/mol. The highest BCUT2D eigenvalue weighted by molar-refractivity contribution is 6.19. The minimum Gasteiger partial charge on any atom is -0.455 e. The van der Waals surface area contributed by atoms with Gasteiger partial charge in [-0.05, 0) is 100 Å². The highest BCUT2D eigenvalue weighted by Crippen LogP contribution is 2.45. The summed E-state index contributed by atoms with van der Waals surface area (Å²) >= 11 is 0. The molecule has 0 spiro atoms. The van der Waals surface area contributed by atoms with Crippen LogP contribution in [0, 0.1) is 0 Å². The maximum absolute atomic E-state index is 6.65. The van der Waals surface area contributed by atoms with Gasteiger partial charge in [0.05, 0.1) is 22.1 Å². The Morgan fingerprint density at radius 3 is 1.75 bits per heavy atom. The summed E-state index contributed by atoms with van der Waals surface area (Å²) in [7, 11) is 0. The number of nitrogens with zero attached hydrogens (tertiary/aromatic N) is 2. The molecule has 0 bridgehead atoms. The van der Waals surface area contributed by atoms with Crippen LogP contribution in [0.1, 0.15) is 0 Å². The molecule has 3 heteroatoms. The second-order valence-corrected chi connectivity index (χ2v) is 14.1. The maximum atomic E-state index is 6.65. The predicted molar refractivity (Wildman–Crippen MR) is 231 cm³/mol. The molecule has 0 amide bonds. The number of rotatable bonds is 6. The van der Waals surface area contributed by atoms with Gasteiger partial charge >= 0.3 is 0 Å². The quantitative estimate of drug-likeness (QED) is 0.172. The number of furan rings is 1. The molecule has 55 heavy (non-hydrogen) atoms. The van der Waals surface area contributed by atoms with Gasteiger partial charge in [-0.25, -0.2) is 0 Å². The molecule has 0 unspecified atom stereocenters. The van der Waals surface area contributed by atoms with Crippen LogP contribution in [0.2, 0.25) is 0 Å². The van der Waals surface area contributed by atoms with E-state index in [0.717, 1.165) is 50.1 Å². The SMILES string of the molecule is c1ccc(-c2ccc(N(c3ccc(-c4ccc5c(c4)c4ccccc4n5-c4ccccc4)cc3)c3cccc4oc5c6ccccc6ccc5c34)cc2)cc1. The Morgan fingerprint density at radius 1 is 0.382 bits per heavy atom. The standard InChI is InChI=1S/C52H34N2O/c1-3-12-35(13-4-1)36-22-28-41(29-23-36)53(49-20-11-21-50-51(49)45-32-26-38-14-7-8-17-43(38)52(45)55-50)42-30-24-37(25-31-42)39-27-33-48-46(34-39)44-18-9-10-19-47(44)54(48)40-15-5-2-6-16-40/h1-34H. The van der Waals surface area contributed by atoms with Crippen molar-refractivity contribution in [2.45, 2.75) is 0 Å². The molecule has 0 radical (unpaired) electrons. The first-order valence-corrected chi connectivity index (χ1v) is 18.8. The molecule has 0 saturated heterocycles. The topological polar surface area (TPSA) is 21.3 Å². The number of hydrogen-bond donors (Lipinski definition) is 0. The third-order valence-electron chi connectivity index (χ3n) is 11.0. The summed E-state index contributed by atoms with van der Waals surface area (Å²) in [6.07, 6.45) is 0. The normalized spacial score (nSPS) is 11.6. The summed E-state index contributed by atoms with van der Waals surface area (Å²) < 4.78 is 9.01. The number of fused-ring (bicyclic) bond motifs is 8. The molecule has 258 valence electrons. The van der Waals surface area contributed by atoms with Crippen LogP contribution < -0.4 is 4.90 Å². The molecule has 0 aliphatic rings. The van der Waals surface area contributed by atoms with Gasteiger partial charge in [0.2, 0.25) is 0 Å². The van der Waals surface area contributed by atoms with Gasteiger partial charge in [-0.1, -0.05) is 133 Å². The molecule has 11 rings (SSSR count). The Bertz CT molecular complexity index is 3180. The molecule has 0 fully saturated rings. The van der Waals surface area contributed by atoms with Crippen molar-refractivity contribution in [3.8, 4) is 27.9 Å². The first kappa shape index (κ1) is 31.2. The van der Waals surface area contributed by atoms with Crippen LogP contribution in [-0.4, -0.2) is 4.57 Å². The second kappa shape index (κ2) is 12.6. The van der Waals surface area contributed by atoms with Crippen LogP contribution in [-0.2, 0) is 0 Å². The molecule has 0 aliphatic heterocycles. The number of para-hydroxylation sites is 2. The van der Waals surface area contributed by atoms with Gasteiger partial charge < -0.3 is 13.9 Å². The fourth-order valence-electron chi connectivity index (χ4n) is 8.39. The van der Waals surface area contributed by atoms with Crippen molar-refractivity contribution in [3.63, 3.8) is 0 Å².